The molecule has 28 heavy (non-hydrogen) atoms. The molecular weight excluding hydrogens is 397 g/mol. The van der Waals surface area contributed by atoms with Gasteiger partial charge in [0.1, 0.15) is 11.4 Å². The normalized spacial score (nSPS) is 11.8. The Morgan fingerprint density at radius 1 is 1.29 bits per heavy atom. The molecule has 148 valence electrons. The number of hydrogen-bond donors (Lipinski definition) is 1. The fourth-order valence-corrected chi connectivity index (χ4v) is 2.88. The highest BCUT2D eigenvalue weighted by molar-refractivity contribution is 6.33. The molecule has 2 aromatic heterocycles. The molecular formula is C18H16ClF3N4O2. The quantitative estimate of drug-likeness (QED) is 0.649. The third-order valence-corrected chi connectivity index (χ3v) is 4.58. The van der Waals surface area contributed by atoms with Gasteiger partial charge in [0, 0.05) is 7.05 Å². The van der Waals surface area contributed by atoms with Crippen LogP contribution in [0.25, 0.3) is 22.6 Å². The van der Waals surface area contributed by atoms with Crippen molar-refractivity contribution >= 4 is 28.5 Å². The van der Waals surface area contributed by atoms with Gasteiger partial charge in [0.2, 0.25) is 0 Å². The zero-order valence-electron chi connectivity index (χ0n) is 15.2. The van der Waals surface area contributed by atoms with E-state index < -0.39 is 17.6 Å². The van der Waals surface area contributed by atoms with Gasteiger partial charge in [0.05, 0.1) is 28.2 Å². The Balaban J connectivity index is 2.14. The molecule has 0 unspecified atom stereocenters. The number of nitrogens with one attached hydrogen (secondary N) is 1. The molecule has 10 heteroatoms. The minimum atomic E-state index is -4.48. The zero-order chi connectivity index (χ0) is 20.6. The first-order valence-electron chi connectivity index (χ1n) is 8.26. The third kappa shape index (κ3) is 3.67. The minimum absolute atomic E-state index is 0.0494. The van der Waals surface area contributed by atoms with E-state index >= 15 is 0 Å². The van der Waals surface area contributed by atoms with Crippen LogP contribution in [0.3, 0.4) is 0 Å². The Labute approximate surface area is 163 Å². The molecule has 1 amide bonds. The first-order valence-corrected chi connectivity index (χ1v) is 8.64. The van der Waals surface area contributed by atoms with Crippen LogP contribution in [0, 0.1) is 6.92 Å². The lowest BCUT2D eigenvalue weighted by molar-refractivity contribution is -0.137. The summed E-state index contributed by atoms with van der Waals surface area (Å²) in [4.78, 5) is 25.6. The molecule has 6 nitrogen and oxygen atoms in total. The Hall–Kier alpha value is -2.65. The molecule has 0 saturated heterocycles. The number of amides is 1. The first kappa shape index (κ1) is 20.1. The topological polar surface area (TPSA) is 69.0 Å². The summed E-state index contributed by atoms with van der Waals surface area (Å²) < 4.78 is 40.5. The van der Waals surface area contributed by atoms with E-state index in [1.165, 1.54) is 12.1 Å². The number of hydroxylamine groups is 1. The number of alkyl halides is 3. The second-order valence-corrected chi connectivity index (χ2v) is 6.42. The molecule has 0 aliphatic heterocycles. The summed E-state index contributed by atoms with van der Waals surface area (Å²) in [6, 6.07) is 4.77. The van der Waals surface area contributed by atoms with Gasteiger partial charge < -0.3 is 4.57 Å². The molecule has 0 aliphatic carbocycles. The number of nitrogens with zero attached hydrogens (tertiary/aromatic N) is 3. The summed E-state index contributed by atoms with van der Waals surface area (Å²) >= 11 is 6.35. The van der Waals surface area contributed by atoms with Gasteiger partial charge in [0.15, 0.2) is 5.82 Å². The number of benzene rings is 1. The van der Waals surface area contributed by atoms with E-state index in [1.807, 2.05) is 0 Å². The predicted octanol–water partition coefficient (Wildman–Crippen LogP) is 4.30. The van der Waals surface area contributed by atoms with Crippen LogP contribution in [-0.2, 0) is 18.1 Å². The van der Waals surface area contributed by atoms with Gasteiger partial charge in [-0.2, -0.15) is 13.2 Å². The SMILES string of the molecule is CCONC(=O)c1cc(C)c(Cl)c(-c2nc3cc(C(F)(F)F)ccc3n2C)n1. The summed E-state index contributed by atoms with van der Waals surface area (Å²) in [5, 5.41) is 0.252. The highest BCUT2D eigenvalue weighted by atomic mass is 35.5. The highest BCUT2D eigenvalue weighted by Gasteiger charge is 2.31. The number of imidazole rings is 1. The number of carbonyl (C=O) groups excluding carboxylic acids is 1. The second kappa shape index (κ2) is 7.40. The minimum Gasteiger partial charge on any atom is -0.326 e. The number of fused-ring (bicyclic) bond motifs is 1. The molecule has 2 heterocycles. The summed E-state index contributed by atoms with van der Waals surface area (Å²) in [5.41, 5.74) is 2.87. The summed E-state index contributed by atoms with van der Waals surface area (Å²) in [6.45, 7) is 3.67. The fraction of sp³-hybridized carbons (Fsp3) is 0.278. The van der Waals surface area contributed by atoms with E-state index in [2.05, 4.69) is 15.4 Å². The maximum Gasteiger partial charge on any atom is 0.416 e. The summed E-state index contributed by atoms with van der Waals surface area (Å²) in [6.07, 6.45) is -4.48. The fourth-order valence-electron chi connectivity index (χ4n) is 2.70. The lowest BCUT2D eigenvalue weighted by Gasteiger charge is -2.10. The number of hydrogen-bond acceptors (Lipinski definition) is 4. The van der Waals surface area contributed by atoms with E-state index in [0.717, 1.165) is 12.1 Å². The van der Waals surface area contributed by atoms with Gasteiger partial charge in [-0.1, -0.05) is 11.6 Å². The monoisotopic (exact) mass is 412 g/mol. The van der Waals surface area contributed by atoms with Crippen LogP contribution in [0.5, 0.6) is 0 Å². The van der Waals surface area contributed by atoms with E-state index in [0.29, 0.717) is 11.1 Å². The Morgan fingerprint density at radius 3 is 2.64 bits per heavy atom. The van der Waals surface area contributed by atoms with Gasteiger partial charge in [-0.3, -0.25) is 9.63 Å². The zero-order valence-corrected chi connectivity index (χ0v) is 15.9. The largest absolute Gasteiger partial charge is 0.416 e. The number of rotatable bonds is 4. The average molecular weight is 413 g/mol. The predicted molar refractivity (Wildman–Crippen MR) is 97.8 cm³/mol. The molecule has 0 radical (unpaired) electrons. The lowest BCUT2D eigenvalue weighted by Crippen LogP contribution is -2.25. The molecule has 0 spiro atoms. The molecule has 3 rings (SSSR count). The van der Waals surface area contributed by atoms with Gasteiger partial charge in [-0.15, -0.1) is 0 Å². The number of aromatic nitrogens is 3. The standard InChI is InChI=1S/C18H16ClF3N4O2/c1-4-28-25-17(27)12-7-9(2)14(19)15(23-12)16-24-11-8-10(18(20,21)22)5-6-13(11)26(16)3/h5-8H,4H2,1-3H3,(H,25,27). The van der Waals surface area contributed by atoms with Crippen molar-refractivity contribution in [1.82, 2.24) is 20.0 Å². The Kier molecular flexibility index (Phi) is 5.31. The highest BCUT2D eigenvalue weighted by Crippen LogP contribution is 2.34. The van der Waals surface area contributed by atoms with E-state index in [4.69, 9.17) is 16.4 Å². The van der Waals surface area contributed by atoms with Crippen LogP contribution in [0.2, 0.25) is 5.02 Å². The van der Waals surface area contributed by atoms with Crippen molar-refractivity contribution in [3.05, 3.63) is 46.1 Å². The summed E-state index contributed by atoms with van der Waals surface area (Å²) in [7, 11) is 1.64. The van der Waals surface area contributed by atoms with Crippen LogP contribution in [0.15, 0.2) is 24.3 Å². The van der Waals surface area contributed by atoms with Crippen molar-refractivity contribution in [2.24, 2.45) is 7.05 Å². The average Bonchev–Trinajstić information content (AvgIpc) is 2.97. The Morgan fingerprint density at radius 2 is 2.00 bits per heavy atom. The van der Waals surface area contributed by atoms with Crippen LogP contribution >= 0.6 is 11.6 Å². The van der Waals surface area contributed by atoms with Crippen LogP contribution < -0.4 is 5.48 Å². The van der Waals surface area contributed by atoms with Crippen molar-refractivity contribution in [1.29, 1.82) is 0 Å². The molecule has 0 atom stereocenters. The van der Waals surface area contributed by atoms with Gasteiger partial charge in [-0.25, -0.2) is 15.4 Å². The maximum atomic E-state index is 13.0. The Bertz CT molecular complexity index is 1060. The number of carbonyl (C=O) groups is 1. The second-order valence-electron chi connectivity index (χ2n) is 6.05. The van der Waals surface area contributed by atoms with Crippen molar-refractivity contribution in [3.63, 3.8) is 0 Å². The number of halogens is 4. The van der Waals surface area contributed by atoms with Crippen molar-refractivity contribution in [2.45, 2.75) is 20.0 Å². The molecule has 0 saturated carbocycles. The molecule has 1 aromatic carbocycles. The molecule has 0 aliphatic rings. The third-order valence-electron chi connectivity index (χ3n) is 4.10. The van der Waals surface area contributed by atoms with Crippen molar-refractivity contribution < 1.29 is 22.8 Å². The van der Waals surface area contributed by atoms with Crippen LogP contribution in [0.1, 0.15) is 28.5 Å². The molecule has 0 bridgehead atoms. The van der Waals surface area contributed by atoms with E-state index in [-0.39, 0.29) is 34.4 Å². The lowest BCUT2D eigenvalue weighted by atomic mass is 10.2. The maximum absolute atomic E-state index is 13.0. The van der Waals surface area contributed by atoms with Crippen molar-refractivity contribution in [2.75, 3.05) is 6.61 Å². The first-order chi connectivity index (χ1) is 13.1. The van der Waals surface area contributed by atoms with E-state index in [9.17, 15) is 18.0 Å². The molecule has 0 fully saturated rings. The smallest absolute Gasteiger partial charge is 0.326 e. The van der Waals surface area contributed by atoms with Crippen LogP contribution in [-0.4, -0.2) is 27.0 Å². The van der Waals surface area contributed by atoms with Gasteiger partial charge >= 0.3 is 6.18 Å². The number of aryl methyl sites for hydroxylation is 2. The van der Waals surface area contributed by atoms with Gasteiger partial charge in [0.25, 0.3) is 5.91 Å². The molecule has 1 N–H and O–H groups in total. The van der Waals surface area contributed by atoms with Crippen LogP contribution in [0.4, 0.5) is 13.2 Å². The number of pyridine rings is 1. The summed E-state index contributed by atoms with van der Waals surface area (Å²) in [5.74, 6) is -0.325. The molecule has 3 aromatic rings. The van der Waals surface area contributed by atoms with Crippen molar-refractivity contribution in [3.8, 4) is 11.5 Å². The van der Waals surface area contributed by atoms with Gasteiger partial charge in [-0.05, 0) is 43.7 Å². The van der Waals surface area contributed by atoms with E-state index in [1.54, 1.807) is 25.5 Å².